The molecule has 0 aliphatic carbocycles. The van der Waals surface area contributed by atoms with Gasteiger partial charge in [0.05, 0.1) is 11.3 Å². The molecule has 0 radical (unpaired) electrons. The number of amides is 1. The van der Waals surface area contributed by atoms with Crippen molar-refractivity contribution in [2.45, 2.75) is 0 Å². The van der Waals surface area contributed by atoms with E-state index in [9.17, 15) is 19.7 Å². The molecule has 0 saturated heterocycles. The van der Waals surface area contributed by atoms with E-state index in [0.29, 0.717) is 5.69 Å². The maximum absolute atomic E-state index is 12.2. The van der Waals surface area contributed by atoms with Crippen LogP contribution in [0.2, 0.25) is 0 Å². The molecule has 0 saturated carbocycles. The molecule has 1 heterocycles. The number of para-hydroxylation sites is 1. The van der Waals surface area contributed by atoms with Crippen molar-refractivity contribution in [3.05, 3.63) is 81.4 Å². The van der Waals surface area contributed by atoms with Gasteiger partial charge < -0.3 is 15.0 Å². The second-order valence-corrected chi connectivity index (χ2v) is 5.39. The number of carbonyl (C=O) groups is 1. The predicted octanol–water partition coefficient (Wildman–Crippen LogP) is 2.36. The molecule has 1 aromatic heterocycles. The molecule has 0 aliphatic heterocycles. The van der Waals surface area contributed by atoms with Crippen LogP contribution in [0.5, 0.6) is 5.88 Å². The Balaban J connectivity index is 1.74. The molecular formula is C18H14N4O5. The number of nitro groups is 1. The summed E-state index contributed by atoms with van der Waals surface area (Å²) in [6, 6.07) is 16.7. The van der Waals surface area contributed by atoms with Crippen LogP contribution in [0, 0.1) is 10.1 Å². The molecule has 3 aromatic rings. The predicted molar refractivity (Wildman–Crippen MR) is 97.5 cm³/mol. The third kappa shape index (κ3) is 4.15. The minimum Gasteiger partial charge on any atom is -0.462 e. The van der Waals surface area contributed by atoms with Gasteiger partial charge in [0.2, 0.25) is 0 Å². The van der Waals surface area contributed by atoms with Gasteiger partial charge in [-0.2, -0.15) is 4.98 Å². The van der Waals surface area contributed by atoms with Crippen molar-refractivity contribution in [2.75, 3.05) is 11.9 Å². The van der Waals surface area contributed by atoms with E-state index in [0.717, 1.165) is 17.5 Å². The first-order chi connectivity index (χ1) is 13.1. The smallest absolute Gasteiger partial charge is 0.395 e. The first-order valence-corrected chi connectivity index (χ1v) is 7.85. The summed E-state index contributed by atoms with van der Waals surface area (Å²) in [6.07, 6.45) is 0.966. The second-order valence-electron chi connectivity index (χ2n) is 5.39. The Morgan fingerprint density at radius 1 is 1.15 bits per heavy atom. The van der Waals surface area contributed by atoms with Crippen LogP contribution in [-0.4, -0.2) is 27.4 Å². The van der Waals surface area contributed by atoms with Gasteiger partial charge in [-0.3, -0.25) is 19.7 Å². The summed E-state index contributed by atoms with van der Waals surface area (Å²) in [5, 5.41) is 13.6. The van der Waals surface area contributed by atoms with Crippen molar-refractivity contribution >= 4 is 17.3 Å². The highest BCUT2D eigenvalue weighted by molar-refractivity contribution is 5.96. The molecule has 27 heavy (non-hydrogen) atoms. The highest BCUT2D eigenvalue weighted by Crippen LogP contribution is 2.27. The molecule has 0 atom stereocenters. The molecule has 0 spiro atoms. The Labute approximate surface area is 152 Å². The van der Waals surface area contributed by atoms with Gasteiger partial charge in [-0.15, -0.1) is 0 Å². The van der Waals surface area contributed by atoms with Crippen LogP contribution in [0.25, 0.3) is 11.1 Å². The van der Waals surface area contributed by atoms with Crippen LogP contribution >= 0.6 is 0 Å². The van der Waals surface area contributed by atoms with E-state index < -0.39 is 34.6 Å². The first-order valence-electron chi connectivity index (χ1n) is 7.85. The van der Waals surface area contributed by atoms with Crippen LogP contribution in [-0.2, 0) is 4.79 Å². The number of anilines is 1. The van der Waals surface area contributed by atoms with Crippen LogP contribution in [0.3, 0.4) is 0 Å². The van der Waals surface area contributed by atoms with Gasteiger partial charge in [0.25, 0.3) is 5.91 Å². The molecular weight excluding hydrogens is 352 g/mol. The number of ether oxygens (including phenoxy) is 1. The summed E-state index contributed by atoms with van der Waals surface area (Å²) in [5.74, 6) is -1.06. The topological polar surface area (TPSA) is 127 Å². The molecule has 9 nitrogen and oxygen atoms in total. The van der Waals surface area contributed by atoms with Crippen LogP contribution in [0.15, 0.2) is 65.7 Å². The summed E-state index contributed by atoms with van der Waals surface area (Å²) in [7, 11) is 0. The number of hydrogen-bond acceptors (Lipinski definition) is 6. The number of benzene rings is 2. The number of hydrogen-bond donors (Lipinski definition) is 2. The lowest BCUT2D eigenvalue weighted by Gasteiger charge is -2.11. The largest absolute Gasteiger partial charge is 0.462 e. The maximum atomic E-state index is 12.2. The number of carbonyl (C=O) groups excluding carboxylic acids is 1. The fourth-order valence-corrected chi connectivity index (χ4v) is 2.42. The van der Waals surface area contributed by atoms with E-state index in [1.54, 1.807) is 12.1 Å². The van der Waals surface area contributed by atoms with Gasteiger partial charge in [0, 0.05) is 11.3 Å². The average molecular weight is 366 g/mol. The lowest BCUT2D eigenvalue weighted by Crippen LogP contribution is -2.22. The number of rotatable bonds is 6. The van der Waals surface area contributed by atoms with Crippen molar-refractivity contribution in [3.8, 4) is 17.0 Å². The standard InChI is InChI=1S/C18H14N4O5/c23-15(10-27-18-16(22(25)26)17(24)19-11-20-18)21-14-9-5-4-8-13(14)12-6-2-1-3-7-12/h1-9,11H,10H2,(H,21,23)(H,19,20,24). The Bertz CT molecular complexity index is 1030. The summed E-state index contributed by atoms with van der Waals surface area (Å²) in [5.41, 5.74) is 0.480. The van der Waals surface area contributed by atoms with E-state index in [1.165, 1.54) is 0 Å². The number of H-pyrrole nitrogens is 1. The summed E-state index contributed by atoms with van der Waals surface area (Å²) in [4.78, 5) is 39.4. The Hall–Kier alpha value is -4.01. The van der Waals surface area contributed by atoms with E-state index in [1.807, 2.05) is 42.5 Å². The van der Waals surface area contributed by atoms with Crippen LogP contribution < -0.4 is 15.6 Å². The highest BCUT2D eigenvalue weighted by Gasteiger charge is 2.23. The molecule has 3 rings (SSSR count). The lowest BCUT2D eigenvalue weighted by atomic mass is 10.0. The molecule has 1 amide bonds. The Morgan fingerprint density at radius 2 is 1.85 bits per heavy atom. The highest BCUT2D eigenvalue weighted by atomic mass is 16.6. The van der Waals surface area contributed by atoms with Crippen molar-refractivity contribution in [1.29, 1.82) is 0 Å². The molecule has 9 heteroatoms. The number of nitrogens with zero attached hydrogens (tertiary/aromatic N) is 2. The van der Waals surface area contributed by atoms with Crippen molar-refractivity contribution in [2.24, 2.45) is 0 Å². The molecule has 0 unspecified atom stereocenters. The molecule has 2 N–H and O–H groups in total. The SMILES string of the molecule is O=C(COc1nc[nH]c(=O)c1[N+](=O)[O-])Nc1ccccc1-c1ccccc1. The quantitative estimate of drug-likeness (QED) is 0.509. The zero-order valence-corrected chi connectivity index (χ0v) is 13.9. The van der Waals surface area contributed by atoms with E-state index in [-0.39, 0.29) is 0 Å². The minimum absolute atomic E-state index is 0.518. The molecule has 0 bridgehead atoms. The molecule has 0 fully saturated rings. The zero-order valence-electron chi connectivity index (χ0n) is 13.9. The molecule has 2 aromatic carbocycles. The summed E-state index contributed by atoms with van der Waals surface area (Å²) < 4.78 is 5.07. The van der Waals surface area contributed by atoms with Gasteiger partial charge in [-0.25, -0.2) is 0 Å². The fraction of sp³-hybridized carbons (Fsp3) is 0.0556. The van der Waals surface area contributed by atoms with Gasteiger partial charge in [-0.05, 0) is 11.6 Å². The minimum atomic E-state index is -0.958. The first kappa shape index (κ1) is 17.8. The number of aromatic amines is 1. The maximum Gasteiger partial charge on any atom is 0.395 e. The van der Waals surface area contributed by atoms with Crippen molar-refractivity contribution in [1.82, 2.24) is 9.97 Å². The van der Waals surface area contributed by atoms with Gasteiger partial charge >= 0.3 is 17.1 Å². The molecule has 136 valence electrons. The van der Waals surface area contributed by atoms with E-state index in [4.69, 9.17) is 4.74 Å². The van der Waals surface area contributed by atoms with E-state index in [2.05, 4.69) is 15.3 Å². The van der Waals surface area contributed by atoms with Crippen molar-refractivity contribution in [3.63, 3.8) is 0 Å². The average Bonchev–Trinajstić information content (AvgIpc) is 2.67. The zero-order chi connectivity index (χ0) is 19.2. The number of nitrogens with one attached hydrogen (secondary N) is 2. The van der Waals surface area contributed by atoms with Crippen molar-refractivity contribution < 1.29 is 14.5 Å². The summed E-state index contributed by atoms with van der Waals surface area (Å²) in [6.45, 7) is -0.541. The van der Waals surface area contributed by atoms with Crippen LogP contribution in [0.1, 0.15) is 0 Å². The summed E-state index contributed by atoms with van der Waals surface area (Å²) >= 11 is 0. The van der Waals surface area contributed by atoms with Gasteiger partial charge in [-0.1, -0.05) is 48.5 Å². The fourth-order valence-electron chi connectivity index (χ4n) is 2.42. The molecule has 0 aliphatic rings. The van der Waals surface area contributed by atoms with E-state index >= 15 is 0 Å². The number of aromatic nitrogens is 2. The second kappa shape index (κ2) is 7.91. The lowest BCUT2D eigenvalue weighted by molar-refractivity contribution is -0.387. The van der Waals surface area contributed by atoms with Crippen LogP contribution in [0.4, 0.5) is 11.4 Å². The Kier molecular flexibility index (Phi) is 5.22. The monoisotopic (exact) mass is 366 g/mol. The normalized spacial score (nSPS) is 10.2. The third-order valence-electron chi connectivity index (χ3n) is 3.60. The third-order valence-corrected chi connectivity index (χ3v) is 3.60. The van der Waals surface area contributed by atoms with Gasteiger partial charge in [0.1, 0.15) is 0 Å². The van der Waals surface area contributed by atoms with Gasteiger partial charge in [0.15, 0.2) is 6.61 Å². The Morgan fingerprint density at radius 3 is 2.59 bits per heavy atom.